The number of likely N-dealkylation sites (N-methyl/N-ethyl adjacent to an activating group) is 1. The zero-order valence-corrected chi connectivity index (χ0v) is 7.53. The molecule has 0 aliphatic heterocycles. The Hall–Kier alpha value is -0.0800. The van der Waals surface area contributed by atoms with Crippen LogP contribution in [-0.4, -0.2) is 25.7 Å². The van der Waals surface area contributed by atoms with E-state index < -0.39 is 0 Å². The van der Waals surface area contributed by atoms with E-state index in [2.05, 4.69) is 17.6 Å². The van der Waals surface area contributed by atoms with Crippen molar-refractivity contribution >= 4 is 0 Å². The van der Waals surface area contributed by atoms with Gasteiger partial charge in [-0.3, -0.25) is 0 Å². The Kier molecular flexibility index (Phi) is 4.55. The highest BCUT2D eigenvalue weighted by Crippen LogP contribution is 2.16. The Morgan fingerprint density at radius 3 is 2.55 bits per heavy atom. The van der Waals surface area contributed by atoms with Gasteiger partial charge in [-0.05, 0) is 19.4 Å². The molecular weight excluding hydrogens is 136 g/mol. The van der Waals surface area contributed by atoms with Crippen LogP contribution in [0, 0.1) is 0 Å². The van der Waals surface area contributed by atoms with E-state index in [1.54, 1.807) is 0 Å². The summed E-state index contributed by atoms with van der Waals surface area (Å²) in [4.78, 5) is 0. The summed E-state index contributed by atoms with van der Waals surface area (Å²) in [6, 6.07) is 0.827. The Bertz CT molecular complexity index is 87.6. The third kappa shape index (κ3) is 3.73. The van der Waals surface area contributed by atoms with Crippen molar-refractivity contribution in [1.29, 1.82) is 0 Å². The van der Waals surface area contributed by atoms with Crippen LogP contribution in [-0.2, 0) is 0 Å². The topological polar surface area (TPSA) is 24.1 Å². The number of nitrogens with one attached hydrogen (secondary N) is 2. The van der Waals surface area contributed by atoms with E-state index in [1.165, 1.54) is 25.7 Å². The molecule has 0 atom stereocenters. The molecule has 1 fully saturated rings. The third-order valence-corrected chi connectivity index (χ3v) is 2.34. The van der Waals surface area contributed by atoms with E-state index in [0.29, 0.717) is 0 Å². The summed E-state index contributed by atoms with van der Waals surface area (Å²) in [7, 11) is 0. The number of hydrogen-bond donors (Lipinski definition) is 2. The van der Waals surface area contributed by atoms with Crippen LogP contribution in [0.3, 0.4) is 0 Å². The molecule has 0 saturated heterocycles. The zero-order valence-electron chi connectivity index (χ0n) is 7.53. The van der Waals surface area contributed by atoms with Gasteiger partial charge in [-0.2, -0.15) is 0 Å². The van der Waals surface area contributed by atoms with Crippen molar-refractivity contribution in [3.8, 4) is 0 Å². The molecule has 0 bridgehead atoms. The fourth-order valence-electron chi connectivity index (χ4n) is 1.67. The molecule has 0 unspecified atom stereocenters. The number of rotatable bonds is 5. The van der Waals surface area contributed by atoms with E-state index in [-0.39, 0.29) is 0 Å². The van der Waals surface area contributed by atoms with Gasteiger partial charge in [0.1, 0.15) is 0 Å². The van der Waals surface area contributed by atoms with Gasteiger partial charge in [0.25, 0.3) is 0 Å². The lowest BCUT2D eigenvalue weighted by Crippen LogP contribution is -2.33. The van der Waals surface area contributed by atoms with Crippen LogP contribution in [0.25, 0.3) is 0 Å². The highest BCUT2D eigenvalue weighted by molar-refractivity contribution is 4.73. The molecule has 1 aliphatic rings. The Morgan fingerprint density at radius 2 is 1.91 bits per heavy atom. The normalized spacial score (nSPS) is 19.4. The maximum Gasteiger partial charge on any atom is 0.00793 e. The summed E-state index contributed by atoms with van der Waals surface area (Å²) >= 11 is 0. The van der Waals surface area contributed by atoms with E-state index in [4.69, 9.17) is 0 Å². The molecule has 2 heteroatoms. The monoisotopic (exact) mass is 156 g/mol. The minimum absolute atomic E-state index is 0.827. The van der Waals surface area contributed by atoms with Crippen molar-refractivity contribution in [3.05, 3.63) is 0 Å². The van der Waals surface area contributed by atoms with Crippen molar-refractivity contribution < 1.29 is 0 Å². The molecule has 0 spiro atoms. The molecule has 11 heavy (non-hydrogen) atoms. The molecule has 1 rings (SSSR count). The van der Waals surface area contributed by atoms with Crippen LogP contribution >= 0.6 is 0 Å². The van der Waals surface area contributed by atoms with Gasteiger partial charge in [0, 0.05) is 19.1 Å². The summed E-state index contributed by atoms with van der Waals surface area (Å²) in [5.74, 6) is 0. The van der Waals surface area contributed by atoms with Gasteiger partial charge in [-0.15, -0.1) is 0 Å². The number of hydrogen-bond acceptors (Lipinski definition) is 2. The molecule has 0 aromatic rings. The smallest absolute Gasteiger partial charge is 0.00793 e. The van der Waals surface area contributed by atoms with E-state index >= 15 is 0 Å². The quantitative estimate of drug-likeness (QED) is 0.583. The van der Waals surface area contributed by atoms with E-state index in [9.17, 15) is 0 Å². The van der Waals surface area contributed by atoms with Gasteiger partial charge in [-0.25, -0.2) is 0 Å². The second kappa shape index (κ2) is 5.56. The van der Waals surface area contributed by atoms with Gasteiger partial charge in [0.2, 0.25) is 0 Å². The second-order valence-corrected chi connectivity index (χ2v) is 3.29. The molecule has 0 aromatic heterocycles. The molecule has 66 valence electrons. The van der Waals surface area contributed by atoms with Crippen LogP contribution in [0.1, 0.15) is 32.6 Å². The fourth-order valence-corrected chi connectivity index (χ4v) is 1.67. The molecule has 0 amide bonds. The van der Waals surface area contributed by atoms with Gasteiger partial charge >= 0.3 is 0 Å². The third-order valence-electron chi connectivity index (χ3n) is 2.34. The Morgan fingerprint density at radius 1 is 1.18 bits per heavy atom. The van der Waals surface area contributed by atoms with Crippen molar-refractivity contribution in [2.75, 3.05) is 19.6 Å². The molecule has 0 radical (unpaired) electrons. The first-order chi connectivity index (χ1) is 5.43. The average Bonchev–Trinajstić information content (AvgIpc) is 2.50. The van der Waals surface area contributed by atoms with Crippen molar-refractivity contribution in [1.82, 2.24) is 10.6 Å². The summed E-state index contributed by atoms with van der Waals surface area (Å²) in [6.07, 6.45) is 5.65. The molecule has 0 heterocycles. The summed E-state index contributed by atoms with van der Waals surface area (Å²) in [5, 5.41) is 6.86. The van der Waals surface area contributed by atoms with Crippen LogP contribution in [0.15, 0.2) is 0 Å². The molecule has 2 N–H and O–H groups in total. The molecule has 1 aliphatic carbocycles. The highest BCUT2D eigenvalue weighted by Gasteiger charge is 2.12. The first kappa shape index (κ1) is 9.01. The van der Waals surface area contributed by atoms with E-state index in [0.717, 1.165) is 25.7 Å². The molecule has 1 saturated carbocycles. The van der Waals surface area contributed by atoms with Crippen LogP contribution < -0.4 is 10.6 Å². The van der Waals surface area contributed by atoms with Crippen molar-refractivity contribution in [3.63, 3.8) is 0 Å². The van der Waals surface area contributed by atoms with Gasteiger partial charge in [-0.1, -0.05) is 19.8 Å². The van der Waals surface area contributed by atoms with Crippen molar-refractivity contribution in [2.45, 2.75) is 38.6 Å². The largest absolute Gasteiger partial charge is 0.316 e. The molecule has 0 aromatic carbocycles. The zero-order chi connectivity index (χ0) is 7.94. The molecular formula is C9H20N2. The van der Waals surface area contributed by atoms with E-state index in [1.807, 2.05) is 0 Å². The second-order valence-electron chi connectivity index (χ2n) is 3.29. The minimum Gasteiger partial charge on any atom is -0.316 e. The SMILES string of the molecule is CCNCCNC1CCCC1. The minimum atomic E-state index is 0.827. The average molecular weight is 156 g/mol. The van der Waals surface area contributed by atoms with Crippen molar-refractivity contribution in [2.24, 2.45) is 0 Å². The summed E-state index contributed by atoms with van der Waals surface area (Å²) in [6.45, 7) is 5.49. The van der Waals surface area contributed by atoms with Crippen LogP contribution in [0.2, 0.25) is 0 Å². The maximum absolute atomic E-state index is 3.55. The first-order valence-electron chi connectivity index (χ1n) is 4.87. The lowest BCUT2D eigenvalue weighted by atomic mass is 10.2. The predicted octanol–water partition coefficient (Wildman–Crippen LogP) is 1.13. The predicted molar refractivity (Wildman–Crippen MR) is 48.8 cm³/mol. The maximum atomic E-state index is 3.55. The molecule has 2 nitrogen and oxygen atoms in total. The lowest BCUT2D eigenvalue weighted by Gasteiger charge is -2.11. The highest BCUT2D eigenvalue weighted by atomic mass is 15.0. The summed E-state index contributed by atoms with van der Waals surface area (Å²) < 4.78 is 0. The fraction of sp³-hybridized carbons (Fsp3) is 1.00. The lowest BCUT2D eigenvalue weighted by molar-refractivity contribution is 0.513. The first-order valence-corrected chi connectivity index (χ1v) is 4.87. The Labute approximate surface area is 69.8 Å². The van der Waals surface area contributed by atoms with Gasteiger partial charge in [0.15, 0.2) is 0 Å². The Balaban J connectivity index is 1.86. The van der Waals surface area contributed by atoms with Crippen LogP contribution in [0.5, 0.6) is 0 Å². The summed E-state index contributed by atoms with van der Waals surface area (Å²) in [5.41, 5.74) is 0. The van der Waals surface area contributed by atoms with Crippen LogP contribution in [0.4, 0.5) is 0 Å². The standard InChI is InChI=1S/C9H20N2/c1-2-10-7-8-11-9-5-3-4-6-9/h9-11H,2-8H2,1H3. The van der Waals surface area contributed by atoms with Gasteiger partial charge in [0.05, 0.1) is 0 Å². The van der Waals surface area contributed by atoms with Gasteiger partial charge < -0.3 is 10.6 Å².